The van der Waals surface area contributed by atoms with Crippen LogP contribution >= 0.6 is 11.3 Å². The summed E-state index contributed by atoms with van der Waals surface area (Å²) in [6, 6.07) is 29.3. The fourth-order valence-electron chi connectivity index (χ4n) is 4.35. The van der Waals surface area contributed by atoms with Crippen molar-refractivity contribution < 1.29 is 14.6 Å². The van der Waals surface area contributed by atoms with Gasteiger partial charge in [0.1, 0.15) is 5.75 Å². The van der Waals surface area contributed by atoms with Gasteiger partial charge in [0.25, 0.3) is 0 Å². The third-order valence-corrected chi connectivity index (χ3v) is 7.35. The maximum atomic E-state index is 11.3. The number of benzene rings is 4. The first-order valence-corrected chi connectivity index (χ1v) is 13.0. The minimum absolute atomic E-state index is 0.268. The van der Waals surface area contributed by atoms with Crippen molar-refractivity contribution >= 4 is 49.5 Å². The topological polar surface area (TPSA) is 71.5 Å². The lowest BCUT2D eigenvalue weighted by Gasteiger charge is -2.30. The van der Waals surface area contributed by atoms with Gasteiger partial charge in [0.2, 0.25) is 0 Å². The first kappa shape index (κ1) is 24.5. The van der Waals surface area contributed by atoms with Gasteiger partial charge >= 0.3 is 5.97 Å². The van der Waals surface area contributed by atoms with Crippen LogP contribution in [0, 0.1) is 0 Å². The minimum Gasteiger partial charge on any atom is -0.493 e. The van der Waals surface area contributed by atoms with Crippen LogP contribution in [0.3, 0.4) is 0 Å². The molecule has 4 aromatic carbocycles. The smallest absolute Gasteiger partial charge is 0.335 e. The molecule has 6 heteroatoms. The van der Waals surface area contributed by atoms with E-state index in [9.17, 15) is 9.90 Å². The number of nitrogens with one attached hydrogen (secondary N) is 1. The van der Waals surface area contributed by atoms with Crippen LogP contribution in [-0.2, 0) is 0 Å². The van der Waals surface area contributed by atoms with Crippen molar-refractivity contribution in [3.05, 3.63) is 108 Å². The number of carboxylic acids is 1. The van der Waals surface area contributed by atoms with E-state index in [2.05, 4.69) is 49.5 Å². The number of hydrogen-bond acceptors (Lipinski definition) is 5. The molecule has 37 heavy (non-hydrogen) atoms. The Bertz CT molecular complexity index is 1550. The summed E-state index contributed by atoms with van der Waals surface area (Å²) < 4.78 is 7.41. The number of aromatic carboxylic acids is 1. The second-order valence-corrected chi connectivity index (χ2v) is 10.4. The summed E-state index contributed by atoms with van der Waals surface area (Å²) in [4.78, 5) is 16.1. The van der Waals surface area contributed by atoms with Crippen molar-refractivity contribution in [1.29, 1.82) is 0 Å². The van der Waals surface area contributed by atoms with Crippen molar-refractivity contribution in [3.63, 3.8) is 0 Å². The Balaban J connectivity index is 1.41. The molecule has 1 aromatic heterocycles. The molecule has 5 rings (SSSR count). The first-order chi connectivity index (χ1) is 17.9. The summed E-state index contributed by atoms with van der Waals surface area (Å²) in [5.41, 5.74) is 2.87. The van der Waals surface area contributed by atoms with Gasteiger partial charge in [-0.25, -0.2) is 9.78 Å². The van der Waals surface area contributed by atoms with E-state index in [-0.39, 0.29) is 5.56 Å². The Morgan fingerprint density at radius 2 is 1.70 bits per heavy atom. The molecule has 2 N–H and O–H groups in total. The quantitative estimate of drug-likeness (QED) is 0.212. The molecular weight excluding hydrogens is 480 g/mol. The molecule has 0 aliphatic rings. The minimum atomic E-state index is -0.933. The maximum absolute atomic E-state index is 11.3. The number of nitrogens with zero attached hydrogens (tertiary/aromatic N) is 1. The number of thiazole rings is 1. The molecule has 0 spiro atoms. The molecule has 1 heterocycles. The summed E-state index contributed by atoms with van der Waals surface area (Å²) in [5.74, 6) is -0.0720. The monoisotopic (exact) mass is 508 g/mol. The van der Waals surface area contributed by atoms with Gasteiger partial charge in [-0.2, -0.15) is 0 Å². The Kier molecular flexibility index (Phi) is 6.93. The zero-order chi connectivity index (χ0) is 25.8. The van der Waals surface area contributed by atoms with Crippen molar-refractivity contribution in [1.82, 2.24) is 4.98 Å². The lowest BCUT2D eigenvalue weighted by Crippen LogP contribution is -2.34. The van der Waals surface area contributed by atoms with Crippen molar-refractivity contribution in [2.45, 2.75) is 25.8 Å². The molecule has 0 aliphatic carbocycles. The Morgan fingerprint density at radius 1 is 0.973 bits per heavy atom. The second kappa shape index (κ2) is 10.4. The summed E-state index contributed by atoms with van der Waals surface area (Å²) in [6.07, 6.45) is 2.78. The zero-order valence-electron chi connectivity index (χ0n) is 20.8. The summed E-state index contributed by atoms with van der Waals surface area (Å²) >= 11 is 1.63. The number of carbonyl (C=O) groups is 1. The fourth-order valence-corrected chi connectivity index (χ4v) is 5.38. The van der Waals surface area contributed by atoms with Gasteiger partial charge in [-0.3, -0.25) is 0 Å². The second-order valence-electron chi connectivity index (χ2n) is 9.41. The number of rotatable bonds is 9. The molecule has 0 amide bonds. The highest BCUT2D eigenvalue weighted by Crippen LogP contribution is 2.32. The van der Waals surface area contributed by atoms with Crippen molar-refractivity contribution in [2.24, 2.45) is 0 Å². The van der Waals surface area contributed by atoms with Gasteiger partial charge in [0.05, 0.1) is 27.9 Å². The van der Waals surface area contributed by atoms with E-state index in [0.717, 1.165) is 43.0 Å². The predicted octanol–water partition coefficient (Wildman–Crippen LogP) is 7.89. The van der Waals surface area contributed by atoms with Gasteiger partial charge in [-0.15, -0.1) is 0 Å². The van der Waals surface area contributed by atoms with Crippen molar-refractivity contribution in [2.75, 3.05) is 11.9 Å². The van der Waals surface area contributed by atoms with Gasteiger partial charge in [0, 0.05) is 11.8 Å². The number of hydrogen-bond donors (Lipinski definition) is 2. The van der Waals surface area contributed by atoms with Crippen LogP contribution in [0.1, 0.15) is 36.2 Å². The van der Waals surface area contributed by atoms with Crippen molar-refractivity contribution in [3.8, 4) is 5.75 Å². The number of ether oxygens (including phenoxy) is 1. The standard InChI is InChI=1S/C31H28N2O3S/c1-31(2,33-30-32-26-11-5-6-13-28(26)37-30)24(20-21-14-16-23(17-15-21)29(34)35)18-19-36-27-12-7-9-22-8-3-4-10-25(22)27/h3-17,20H,18-19H2,1-2H3,(H,32,33)(H,34,35). The van der Waals surface area contributed by atoms with Crippen LogP contribution in [0.15, 0.2) is 96.6 Å². The van der Waals surface area contributed by atoms with Crippen LogP contribution in [0.2, 0.25) is 0 Å². The maximum Gasteiger partial charge on any atom is 0.335 e. The normalized spacial score (nSPS) is 12.1. The summed E-state index contributed by atoms with van der Waals surface area (Å²) in [6.45, 7) is 4.76. The van der Waals surface area contributed by atoms with Gasteiger partial charge < -0.3 is 15.2 Å². The Hall–Kier alpha value is -4.16. The molecule has 5 aromatic rings. The van der Waals surface area contributed by atoms with E-state index in [1.807, 2.05) is 54.6 Å². The third-order valence-electron chi connectivity index (χ3n) is 6.39. The van der Waals surface area contributed by atoms with E-state index < -0.39 is 11.5 Å². The van der Waals surface area contributed by atoms with E-state index in [0.29, 0.717) is 13.0 Å². The molecule has 0 aliphatic heterocycles. The lowest BCUT2D eigenvalue weighted by atomic mass is 9.89. The van der Waals surface area contributed by atoms with E-state index in [1.54, 1.807) is 23.5 Å². The molecule has 0 saturated heterocycles. The highest BCUT2D eigenvalue weighted by atomic mass is 32.1. The predicted molar refractivity (Wildman–Crippen MR) is 153 cm³/mol. The SMILES string of the molecule is CC(C)(Nc1nc2ccccc2s1)C(=Cc1ccc(C(=O)O)cc1)CCOc1cccc2ccccc12. The lowest BCUT2D eigenvalue weighted by molar-refractivity contribution is 0.0697. The number of aromatic nitrogens is 1. The van der Waals surface area contributed by atoms with Gasteiger partial charge in [0.15, 0.2) is 5.13 Å². The Morgan fingerprint density at radius 3 is 2.49 bits per heavy atom. The number of carboxylic acid groups (broad SMARTS) is 1. The van der Waals surface area contributed by atoms with Crippen LogP contribution in [0.5, 0.6) is 5.75 Å². The molecular formula is C31H28N2O3S. The molecule has 5 nitrogen and oxygen atoms in total. The molecule has 0 bridgehead atoms. The van der Waals surface area contributed by atoms with Crippen LogP contribution in [0.4, 0.5) is 5.13 Å². The third kappa shape index (κ3) is 5.65. The molecule has 0 radical (unpaired) electrons. The largest absolute Gasteiger partial charge is 0.493 e. The number of anilines is 1. The van der Waals surface area contributed by atoms with Gasteiger partial charge in [-0.1, -0.05) is 78.1 Å². The van der Waals surface area contributed by atoms with Crippen LogP contribution < -0.4 is 10.1 Å². The number of para-hydroxylation sites is 1. The number of fused-ring (bicyclic) bond motifs is 2. The molecule has 0 fully saturated rings. The van der Waals surface area contributed by atoms with E-state index in [1.165, 1.54) is 0 Å². The average molecular weight is 509 g/mol. The molecule has 0 saturated carbocycles. The van der Waals surface area contributed by atoms with Crippen LogP contribution in [-0.4, -0.2) is 28.2 Å². The molecule has 0 atom stereocenters. The average Bonchev–Trinajstić information content (AvgIpc) is 3.30. The van der Waals surface area contributed by atoms with Gasteiger partial charge in [-0.05, 0) is 60.7 Å². The Labute approximate surface area is 220 Å². The summed E-state index contributed by atoms with van der Waals surface area (Å²) in [7, 11) is 0. The summed E-state index contributed by atoms with van der Waals surface area (Å²) in [5, 5.41) is 16.0. The first-order valence-electron chi connectivity index (χ1n) is 12.2. The zero-order valence-corrected chi connectivity index (χ0v) is 21.6. The van der Waals surface area contributed by atoms with E-state index in [4.69, 9.17) is 9.72 Å². The molecule has 186 valence electrons. The van der Waals surface area contributed by atoms with Crippen LogP contribution in [0.25, 0.3) is 27.1 Å². The highest BCUT2D eigenvalue weighted by Gasteiger charge is 2.25. The fraction of sp³-hybridized carbons (Fsp3) is 0.161. The van der Waals surface area contributed by atoms with E-state index >= 15 is 0 Å². The highest BCUT2D eigenvalue weighted by molar-refractivity contribution is 7.22. The molecule has 0 unspecified atom stereocenters.